The summed E-state index contributed by atoms with van der Waals surface area (Å²) in [5.74, 6) is 1.03. The third-order valence-electron chi connectivity index (χ3n) is 2.08. The molecule has 2 heterocycles. The number of imidazole rings is 1. The Hall–Kier alpha value is -0.990. The Morgan fingerprint density at radius 3 is 3.36 bits per heavy atom. The number of aromatic nitrogens is 2. The van der Waals surface area contributed by atoms with Gasteiger partial charge >= 0.3 is 0 Å². The van der Waals surface area contributed by atoms with Gasteiger partial charge in [-0.25, -0.2) is 4.98 Å². The van der Waals surface area contributed by atoms with Crippen molar-refractivity contribution in [2.75, 3.05) is 5.32 Å². The van der Waals surface area contributed by atoms with Gasteiger partial charge < -0.3 is 9.88 Å². The summed E-state index contributed by atoms with van der Waals surface area (Å²) >= 11 is 0. The van der Waals surface area contributed by atoms with E-state index in [1.807, 2.05) is 6.92 Å². The molecule has 0 aromatic carbocycles. The fourth-order valence-corrected chi connectivity index (χ4v) is 1.46. The molecule has 0 radical (unpaired) electrons. The first-order valence-corrected chi connectivity index (χ1v) is 4.06. The number of nitrogens with one attached hydrogen (secondary N) is 1. The van der Waals surface area contributed by atoms with Gasteiger partial charge in [0.15, 0.2) is 0 Å². The highest BCUT2D eigenvalue weighted by Crippen LogP contribution is 2.16. The van der Waals surface area contributed by atoms with Crippen molar-refractivity contribution in [3.05, 3.63) is 11.9 Å². The molecule has 2 rings (SSSR count). The van der Waals surface area contributed by atoms with E-state index in [9.17, 15) is 0 Å². The number of aryl methyl sites for hydroxylation is 2. The zero-order valence-corrected chi connectivity index (χ0v) is 6.96. The zero-order chi connectivity index (χ0) is 7.84. The van der Waals surface area contributed by atoms with Crippen LogP contribution < -0.4 is 5.32 Å². The summed E-state index contributed by atoms with van der Waals surface area (Å²) in [6.45, 7) is 5.32. The molecule has 0 spiro atoms. The Kier molecular flexibility index (Phi) is 1.37. The van der Waals surface area contributed by atoms with E-state index < -0.39 is 0 Å². The van der Waals surface area contributed by atoms with Gasteiger partial charge in [-0.2, -0.15) is 0 Å². The summed E-state index contributed by atoms with van der Waals surface area (Å²) in [6.07, 6.45) is 3.29. The molecule has 3 heteroatoms. The van der Waals surface area contributed by atoms with Crippen molar-refractivity contribution in [1.29, 1.82) is 0 Å². The van der Waals surface area contributed by atoms with Gasteiger partial charge in [0.25, 0.3) is 0 Å². The molecular formula is C8H13N3. The van der Waals surface area contributed by atoms with E-state index >= 15 is 0 Å². The third kappa shape index (κ3) is 1.11. The van der Waals surface area contributed by atoms with E-state index in [1.54, 1.807) is 0 Å². The van der Waals surface area contributed by atoms with Gasteiger partial charge in [-0.3, -0.25) is 0 Å². The zero-order valence-electron chi connectivity index (χ0n) is 6.96. The molecule has 1 atom stereocenters. The number of hydrogen-bond acceptors (Lipinski definition) is 2. The predicted octanol–water partition coefficient (Wildman–Crippen LogP) is 1.40. The van der Waals surface area contributed by atoms with Crippen LogP contribution in [0.3, 0.4) is 0 Å². The smallest absolute Gasteiger partial charge is 0.203 e. The van der Waals surface area contributed by atoms with Crippen LogP contribution in [-0.2, 0) is 6.54 Å². The molecule has 1 aromatic rings. The maximum Gasteiger partial charge on any atom is 0.203 e. The molecular weight excluding hydrogens is 138 g/mol. The summed E-state index contributed by atoms with van der Waals surface area (Å²) in [7, 11) is 0. The topological polar surface area (TPSA) is 29.9 Å². The minimum atomic E-state index is 0.573. The van der Waals surface area contributed by atoms with Gasteiger partial charge in [-0.15, -0.1) is 0 Å². The predicted molar refractivity (Wildman–Crippen MR) is 44.7 cm³/mol. The maximum atomic E-state index is 4.35. The van der Waals surface area contributed by atoms with Gasteiger partial charge in [0.1, 0.15) is 0 Å². The van der Waals surface area contributed by atoms with E-state index in [2.05, 4.69) is 28.0 Å². The normalized spacial score (nSPS) is 22.5. The first-order chi connectivity index (χ1) is 5.25. The lowest BCUT2D eigenvalue weighted by atomic mass is 10.2. The van der Waals surface area contributed by atoms with E-state index in [-0.39, 0.29) is 0 Å². The highest BCUT2D eigenvalue weighted by molar-refractivity contribution is 5.31. The highest BCUT2D eigenvalue weighted by atomic mass is 15.2. The van der Waals surface area contributed by atoms with Crippen molar-refractivity contribution in [3.8, 4) is 0 Å². The molecule has 3 nitrogen and oxygen atoms in total. The van der Waals surface area contributed by atoms with E-state index in [0.717, 1.165) is 18.2 Å². The number of nitrogens with zero attached hydrogens (tertiary/aromatic N) is 2. The van der Waals surface area contributed by atoms with Crippen LogP contribution in [0.1, 0.15) is 19.0 Å². The van der Waals surface area contributed by atoms with Crippen LogP contribution >= 0.6 is 0 Å². The fourth-order valence-electron chi connectivity index (χ4n) is 1.46. The average Bonchev–Trinajstić information content (AvgIpc) is 2.27. The van der Waals surface area contributed by atoms with Crippen molar-refractivity contribution in [2.24, 2.45) is 0 Å². The second-order valence-corrected chi connectivity index (χ2v) is 3.23. The molecule has 1 aliphatic rings. The lowest BCUT2D eigenvalue weighted by molar-refractivity contribution is 0.552. The average molecular weight is 151 g/mol. The second-order valence-electron chi connectivity index (χ2n) is 3.23. The van der Waals surface area contributed by atoms with Crippen LogP contribution in [0.15, 0.2) is 6.20 Å². The number of fused-ring (bicyclic) bond motifs is 1. The molecule has 1 unspecified atom stereocenters. The molecule has 1 aliphatic heterocycles. The highest BCUT2D eigenvalue weighted by Gasteiger charge is 2.14. The van der Waals surface area contributed by atoms with Crippen molar-refractivity contribution in [3.63, 3.8) is 0 Å². The Balaban J connectivity index is 2.34. The van der Waals surface area contributed by atoms with Gasteiger partial charge in [0, 0.05) is 18.8 Å². The Bertz CT molecular complexity index is 264. The molecule has 0 bridgehead atoms. The van der Waals surface area contributed by atoms with Crippen molar-refractivity contribution in [2.45, 2.75) is 32.9 Å². The second kappa shape index (κ2) is 2.26. The molecule has 1 N–H and O–H groups in total. The number of hydrogen-bond donors (Lipinski definition) is 1. The molecule has 60 valence electrons. The van der Waals surface area contributed by atoms with Gasteiger partial charge in [-0.05, 0) is 20.3 Å². The molecule has 11 heavy (non-hydrogen) atoms. The molecule has 1 aromatic heterocycles. The first kappa shape index (κ1) is 6.70. The van der Waals surface area contributed by atoms with E-state index in [1.165, 1.54) is 6.42 Å². The van der Waals surface area contributed by atoms with Gasteiger partial charge in [0.05, 0.1) is 5.69 Å². The summed E-state index contributed by atoms with van der Waals surface area (Å²) in [5.41, 5.74) is 1.10. The van der Waals surface area contributed by atoms with Crippen LogP contribution in [0, 0.1) is 6.92 Å². The van der Waals surface area contributed by atoms with Crippen LogP contribution in [0.4, 0.5) is 5.95 Å². The van der Waals surface area contributed by atoms with Crippen molar-refractivity contribution >= 4 is 5.95 Å². The van der Waals surface area contributed by atoms with Crippen LogP contribution in [-0.4, -0.2) is 15.6 Å². The van der Waals surface area contributed by atoms with Crippen molar-refractivity contribution < 1.29 is 0 Å². The quantitative estimate of drug-likeness (QED) is 0.607. The Morgan fingerprint density at radius 2 is 2.55 bits per heavy atom. The standard InChI is InChI=1S/C8H13N3/c1-6-3-4-11-5-7(2)10-8(11)9-6/h5-6H,3-4H2,1-2H3,(H,9,10). The molecule has 0 amide bonds. The summed E-state index contributed by atoms with van der Waals surface area (Å²) in [6, 6.07) is 0.573. The molecule has 0 fully saturated rings. The summed E-state index contributed by atoms with van der Waals surface area (Å²) in [4.78, 5) is 4.35. The maximum absolute atomic E-state index is 4.35. The lowest BCUT2D eigenvalue weighted by Gasteiger charge is -2.21. The van der Waals surface area contributed by atoms with Crippen LogP contribution in [0.2, 0.25) is 0 Å². The van der Waals surface area contributed by atoms with Crippen LogP contribution in [0.25, 0.3) is 0 Å². The van der Waals surface area contributed by atoms with E-state index in [0.29, 0.717) is 6.04 Å². The molecule has 0 saturated carbocycles. The Morgan fingerprint density at radius 1 is 1.73 bits per heavy atom. The number of anilines is 1. The monoisotopic (exact) mass is 151 g/mol. The van der Waals surface area contributed by atoms with E-state index in [4.69, 9.17) is 0 Å². The minimum Gasteiger partial charge on any atom is -0.353 e. The SMILES string of the molecule is Cc1cn2c(n1)NC(C)CC2. The first-order valence-electron chi connectivity index (χ1n) is 4.06. The summed E-state index contributed by atoms with van der Waals surface area (Å²) < 4.78 is 2.18. The Labute approximate surface area is 66.4 Å². The van der Waals surface area contributed by atoms with Gasteiger partial charge in [-0.1, -0.05) is 0 Å². The third-order valence-corrected chi connectivity index (χ3v) is 2.08. The van der Waals surface area contributed by atoms with Gasteiger partial charge in [0.2, 0.25) is 5.95 Å². The largest absolute Gasteiger partial charge is 0.353 e. The molecule has 0 saturated heterocycles. The summed E-state index contributed by atoms with van der Waals surface area (Å²) in [5, 5.41) is 3.33. The lowest BCUT2D eigenvalue weighted by Crippen LogP contribution is -2.25. The molecule has 0 aliphatic carbocycles. The number of rotatable bonds is 0. The fraction of sp³-hybridized carbons (Fsp3) is 0.625. The van der Waals surface area contributed by atoms with Crippen molar-refractivity contribution in [1.82, 2.24) is 9.55 Å². The van der Waals surface area contributed by atoms with Crippen LogP contribution in [0.5, 0.6) is 0 Å². The minimum absolute atomic E-state index is 0.573.